The van der Waals surface area contributed by atoms with Crippen LogP contribution in [0.3, 0.4) is 0 Å². The number of alkyl carbamates (subject to hydrolysis) is 1. The fourth-order valence-electron chi connectivity index (χ4n) is 6.42. The molecule has 2 aliphatic rings. The summed E-state index contributed by atoms with van der Waals surface area (Å²) >= 11 is 0. The predicted molar refractivity (Wildman–Crippen MR) is 191 cm³/mol. The number of aliphatic hydroxyl groups is 1. The largest absolute Gasteiger partial charge is 0.463 e. The number of hydrogen-bond acceptors (Lipinski definition) is 14. The van der Waals surface area contributed by atoms with E-state index in [1.54, 1.807) is 0 Å². The van der Waals surface area contributed by atoms with E-state index < -0.39 is 79.8 Å². The summed E-state index contributed by atoms with van der Waals surface area (Å²) in [5, 5.41) is 15.1. The Hall–Kier alpha value is -6.00. The summed E-state index contributed by atoms with van der Waals surface area (Å²) in [6.45, 7) is 3.57. The Morgan fingerprint density at radius 1 is 0.709 bits per heavy atom. The van der Waals surface area contributed by atoms with E-state index in [0.29, 0.717) is 5.56 Å². The number of amides is 2. The van der Waals surface area contributed by atoms with Gasteiger partial charge in [-0.3, -0.25) is 24.0 Å². The minimum Gasteiger partial charge on any atom is -0.463 e. The van der Waals surface area contributed by atoms with Crippen LogP contribution in [0.2, 0.25) is 0 Å². The molecule has 16 nitrogen and oxygen atoms in total. The van der Waals surface area contributed by atoms with Crippen LogP contribution in [0.1, 0.15) is 56.7 Å². The van der Waals surface area contributed by atoms with E-state index in [9.17, 15) is 33.9 Å². The third-order valence-corrected chi connectivity index (χ3v) is 8.66. The van der Waals surface area contributed by atoms with Crippen LogP contribution in [-0.2, 0) is 59.0 Å². The fraction of sp³-hybridized carbons (Fsp3) is 0.385. The molecule has 3 aromatic carbocycles. The van der Waals surface area contributed by atoms with E-state index >= 15 is 0 Å². The molecule has 55 heavy (non-hydrogen) atoms. The molecule has 1 fully saturated rings. The van der Waals surface area contributed by atoms with Crippen LogP contribution < -0.4 is 15.4 Å². The molecule has 0 saturated carbocycles. The van der Waals surface area contributed by atoms with Gasteiger partial charge in [-0.25, -0.2) is 4.79 Å². The highest BCUT2D eigenvalue weighted by Crippen LogP contribution is 2.44. The zero-order valence-electron chi connectivity index (χ0n) is 30.6. The first-order chi connectivity index (χ1) is 26.3. The van der Waals surface area contributed by atoms with Crippen molar-refractivity contribution in [2.45, 2.75) is 77.3 Å². The molecule has 1 aliphatic heterocycles. The fourth-order valence-corrected chi connectivity index (χ4v) is 6.42. The average Bonchev–Trinajstić information content (AvgIpc) is 3.45. The maximum atomic E-state index is 13.1. The lowest BCUT2D eigenvalue weighted by atomic mass is 9.98. The topological polar surface area (TPSA) is 211 Å². The summed E-state index contributed by atoms with van der Waals surface area (Å²) in [7, 11) is 0. The SMILES string of the molecule is CC(=O)OC[C@H]1O[C@@H](Oc2ccc(CO)cc2NC(=O)CCNC(=O)OCC2c3ccccc3-c3ccccc32)[C@H](OC(C)=O)[C@@H](OC(C)=O)[C@H]1OC(C)=O. The minimum atomic E-state index is -1.58. The van der Waals surface area contributed by atoms with E-state index in [1.807, 2.05) is 48.5 Å². The first kappa shape index (κ1) is 40.2. The van der Waals surface area contributed by atoms with Crippen molar-refractivity contribution in [3.8, 4) is 16.9 Å². The molecule has 3 aromatic rings. The highest BCUT2D eigenvalue weighted by molar-refractivity contribution is 5.92. The number of fused-ring (bicyclic) bond motifs is 3. The Balaban J connectivity index is 1.26. The molecule has 16 heteroatoms. The molecule has 292 valence electrons. The van der Waals surface area contributed by atoms with Crippen molar-refractivity contribution in [3.05, 3.63) is 83.4 Å². The van der Waals surface area contributed by atoms with Gasteiger partial charge < -0.3 is 48.9 Å². The van der Waals surface area contributed by atoms with Crippen molar-refractivity contribution < 1.29 is 67.0 Å². The Morgan fingerprint density at radius 3 is 1.91 bits per heavy atom. The first-order valence-electron chi connectivity index (χ1n) is 17.4. The van der Waals surface area contributed by atoms with Gasteiger partial charge in [0.05, 0.1) is 12.3 Å². The lowest BCUT2D eigenvalue weighted by Gasteiger charge is -2.44. The lowest BCUT2D eigenvalue weighted by molar-refractivity contribution is -0.288. The van der Waals surface area contributed by atoms with Crippen LogP contribution in [-0.4, -0.2) is 91.4 Å². The third-order valence-electron chi connectivity index (χ3n) is 8.66. The Kier molecular flexibility index (Phi) is 13.4. The summed E-state index contributed by atoms with van der Waals surface area (Å²) in [6, 6.07) is 20.2. The molecule has 2 amide bonds. The second-order valence-electron chi connectivity index (χ2n) is 12.7. The van der Waals surface area contributed by atoms with Gasteiger partial charge in [-0.2, -0.15) is 0 Å². The number of carbonyl (C=O) groups is 6. The maximum absolute atomic E-state index is 13.1. The van der Waals surface area contributed by atoms with Crippen LogP contribution in [0.15, 0.2) is 66.7 Å². The molecule has 5 rings (SSSR count). The molecule has 0 spiro atoms. The maximum Gasteiger partial charge on any atom is 0.407 e. The number of carbonyl (C=O) groups excluding carboxylic acids is 6. The van der Waals surface area contributed by atoms with E-state index in [2.05, 4.69) is 10.6 Å². The van der Waals surface area contributed by atoms with Gasteiger partial charge in [0, 0.05) is 46.6 Å². The van der Waals surface area contributed by atoms with Crippen molar-refractivity contribution in [1.29, 1.82) is 0 Å². The molecule has 0 bridgehead atoms. The van der Waals surface area contributed by atoms with Gasteiger partial charge in [0.1, 0.15) is 25.1 Å². The number of esters is 4. The standard InChI is InChI=1S/C39H42N2O14/c1-21(43)49-20-33-35(51-22(2)44)36(52-23(3)45)37(53-24(4)46)38(55-33)54-32-14-13-25(18-42)17-31(32)41-34(47)15-16-40-39(48)50-19-30-28-11-7-5-9-26(28)27-10-6-8-12-29(27)30/h5-14,17,30,33,35-38,42H,15-16,18-20H2,1-4H3,(H,40,48)(H,41,47)/t33-,35+,36+,37-,38-/m1/s1. The van der Waals surface area contributed by atoms with Gasteiger partial charge in [-0.05, 0) is 39.9 Å². The number of nitrogens with one attached hydrogen (secondary N) is 2. The molecule has 0 unspecified atom stereocenters. The van der Waals surface area contributed by atoms with Crippen LogP contribution in [0.25, 0.3) is 11.1 Å². The molecular formula is C39H42N2O14. The van der Waals surface area contributed by atoms with Gasteiger partial charge in [0.15, 0.2) is 12.2 Å². The van der Waals surface area contributed by atoms with Gasteiger partial charge in [0.25, 0.3) is 0 Å². The highest BCUT2D eigenvalue weighted by atomic mass is 16.7. The molecule has 0 radical (unpaired) electrons. The van der Waals surface area contributed by atoms with Crippen LogP contribution in [0, 0.1) is 0 Å². The number of rotatable bonds is 14. The summed E-state index contributed by atoms with van der Waals surface area (Å²) in [6.07, 6.45) is -8.15. The minimum absolute atomic E-state index is 0.0315. The second kappa shape index (κ2) is 18.4. The van der Waals surface area contributed by atoms with Crippen LogP contribution >= 0.6 is 0 Å². The summed E-state index contributed by atoms with van der Waals surface area (Å²) in [5.74, 6) is -3.85. The molecule has 1 heterocycles. The average molecular weight is 763 g/mol. The van der Waals surface area contributed by atoms with Crippen LogP contribution in [0.4, 0.5) is 10.5 Å². The molecule has 3 N–H and O–H groups in total. The molecule has 0 aromatic heterocycles. The molecule has 1 aliphatic carbocycles. The third kappa shape index (κ3) is 10.4. The van der Waals surface area contributed by atoms with E-state index in [4.69, 9.17) is 33.2 Å². The van der Waals surface area contributed by atoms with E-state index in [-0.39, 0.29) is 36.9 Å². The number of hydrogen-bond donors (Lipinski definition) is 3. The van der Waals surface area contributed by atoms with Crippen molar-refractivity contribution >= 4 is 41.6 Å². The van der Waals surface area contributed by atoms with E-state index in [0.717, 1.165) is 49.9 Å². The van der Waals surface area contributed by atoms with Gasteiger partial charge >= 0.3 is 30.0 Å². The Bertz CT molecular complexity index is 1870. The molecule has 5 atom stereocenters. The first-order valence-corrected chi connectivity index (χ1v) is 17.4. The summed E-state index contributed by atoms with van der Waals surface area (Å²) < 4.78 is 39.1. The number of benzene rings is 3. The van der Waals surface area contributed by atoms with E-state index in [1.165, 1.54) is 18.2 Å². The number of anilines is 1. The zero-order chi connectivity index (χ0) is 39.6. The summed E-state index contributed by atoms with van der Waals surface area (Å²) in [5.41, 5.74) is 4.75. The van der Waals surface area contributed by atoms with Gasteiger partial charge in [-0.1, -0.05) is 54.6 Å². The van der Waals surface area contributed by atoms with Crippen molar-refractivity contribution in [3.63, 3.8) is 0 Å². The van der Waals surface area contributed by atoms with Gasteiger partial charge in [0.2, 0.25) is 18.3 Å². The normalized spacial score (nSPS) is 19.8. The monoisotopic (exact) mass is 762 g/mol. The zero-order valence-corrected chi connectivity index (χ0v) is 30.6. The Labute approximate surface area is 316 Å². The van der Waals surface area contributed by atoms with Crippen molar-refractivity contribution in [2.24, 2.45) is 0 Å². The predicted octanol–water partition coefficient (Wildman–Crippen LogP) is 3.51. The van der Waals surface area contributed by atoms with Crippen molar-refractivity contribution in [1.82, 2.24) is 5.32 Å². The van der Waals surface area contributed by atoms with Crippen molar-refractivity contribution in [2.75, 3.05) is 25.1 Å². The summed E-state index contributed by atoms with van der Waals surface area (Å²) in [4.78, 5) is 74.0. The Morgan fingerprint density at radius 2 is 1.31 bits per heavy atom. The lowest BCUT2D eigenvalue weighted by Crippen LogP contribution is -2.63. The quantitative estimate of drug-likeness (QED) is 0.159. The van der Waals surface area contributed by atoms with Gasteiger partial charge in [-0.15, -0.1) is 0 Å². The number of ether oxygens (including phenoxy) is 7. The molecule has 1 saturated heterocycles. The highest BCUT2D eigenvalue weighted by Gasteiger charge is 2.53. The molecular weight excluding hydrogens is 720 g/mol. The smallest absolute Gasteiger partial charge is 0.407 e. The van der Waals surface area contributed by atoms with Crippen LogP contribution in [0.5, 0.6) is 5.75 Å². The number of aliphatic hydroxyl groups excluding tert-OH is 1. The second-order valence-corrected chi connectivity index (χ2v) is 12.7.